The molecule has 2 N–H and O–H groups in total. The lowest BCUT2D eigenvalue weighted by atomic mass is 10.2. The Labute approximate surface area is 140 Å². The Morgan fingerprint density at radius 2 is 2.00 bits per heavy atom. The van der Waals surface area contributed by atoms with Crippen LogP contribution in [0.25, 0.3) is 5.65 Å². The van der Waals surface area contributed by atoms with Crippen LogP contribution < -0.4 is 10.6 Å². The second-order valence-electron chi connectivity index (χ2n) is 5.39. The number of imidazole rings is 1. The topological polar surface area (TPSA) is 53.7 Å². The van der Waals surface area contributed by atoms with Crippen molar-refractivity contribution in [3.63, 3.8) is 0 Å². The zero-order valence-corrected chi connectivity index (χ0v) is 13.5. The number of nitrogens with zero attached hydrogens (tertiary/aromatic N) is 3. The molecule has 3 rings (SSSR count). The van der Waals surface area contributed by atoms with Gasteiger partial charge in [-0.05, 0) is 18.2 Å². The van der Waals surface area contributed by atoms with Crippen LogP contribution in [0, 0.1) is 5.82 Å². The highest BCUT2D eigenvalue weighted by molar-refractivity contribution is 5.79. The molecule has 0 spiro atoms. The molecule has 0 saturated carbocycles. The minimum atomic E-state index is -0.217. The number of aromatic nitrogens is 2. The van der Waals surface area contributed by atoms with Crippen LogP contribution in [0.3, 0.4) is 0 Å². The minimum Gasteiger partial charge on any atom is -0.356 e. The summed E-state index contributed by atoms with van der Waals surface area (Å²) in [6, 6.07) is 12.6. The van der Waals surface area contributed by atoms with Crippen LogP contribution in [0.5, 0.6) is 0 Å². The number of halogens is 1. The summed E-state index contributed by atoms with van der Waals surface area (Å²) >= 11 is 0. The van der Waals surface area contributed by atoms with E-state index in [2.05, 4.69) is 20.6 Å². The average molecular weight is 325 g/mol. The van der Waals surface area contributed by atoms with E-state index >= 15 is 0 Å². The second kappa shape index (κ2) is 7.59. The minimum absolute atomic E-state index is 0.217. The Morgan fingerprint density at radius 3 is 2.79 bits per heavy atom. The summed E-state index contributed by atoms with van der Waals surface area (Å²) in [5, 5.41) is 6.33. The first kappa shape index (κ1) is 16.0. The molecule has 5 nitrogen and oxygen atoms in total. The molecule has 0 saturated heterocycles. The number of guanidine groups is 1. The Kier molecular flexibility index (Phi) is 5.05. The Balaban J connectivity index is 1.50. The van der Waals surface area contributed by atoms with E-state index in [4.69, 9.17) is 0 Å². The SMILES string of the molecule is CN=C(NCCc1cn2ccccc2n1)NCc1ccccc1F. The van der Waals surface area contributed by atoms with Crippen molar-refractivity contribution in [3.8, 4) is 0 Å². The van der Waals surface area contributed by atoms with E-state index in [1.807, 2.05) is 41.1 Å². The van der Waals surface area contributed by atoms with E-state index in [1.165, 1.54) is 6.07 Å². The normalized spacial score (nSPS) is 11.7. The summed E-state index contributed by atoms with van der Waals surface area (Å²) in [5.41, 5.74) is 2.56. The predicted octanol–water partition coefficient (Wildman–Crippen LogP) is 2.38. The highest BCUT2D eigenvalue weighted by atomic mass is 19.1. The Hall–Kier alpha value is -2.89. The van der Waals surface area contributed by atoms with E-state index in [0.717, 1.165) is 17.8 Å². The number of fused-ring (bicyclic) bond motifs is 1. The molecular formula is C18H20FN5. The molecule has 124 valence electrons. The molecule has 24 heavy (non-hydrogen) atoms. The zero-order chi connectivity index (χ0) is 16.8. The van der Waals surface area contributed by atoms with Gasteiger partial charge in [-0.3, -0.25) is 4.99 Å². The fourth-order valence-corrected chi connectivity index (χ4v) is 2.46. The van der Waals surface area contributed by atoms with Gasteiger partial charge >= 0.3 is 0 Å². The van der Waals surface area contributed by atoms with E-state index in [1.54, 1.807) is 19.2 Å². The Bertz CT molecular complexity index is 807. The van der Waals surface area contributed by atoms with E-state index in [0.29, 0.717) is 24.6 Å². The van der Waals surface area contributed by atoms with Gasteiger partial charge in [0.05, 0.1) is 5.69 Å². The maximum absolute atomic E-state index is 13.6. The van der Waals surface area contributed by atoms with Gasteiger partial charge in [-0.1, -0.05) is 24.3 Å². The van der Waals surface area contributed by atoms with Crippen molar-refractivity contribution in [3.05, 3.63) is 71.9 Å². The molecule has 0 unspecified atom stereocenters. The molecule has 0 radical (unpaired) electrons. The van der Waals surface area contributed by atoms with Gasteiger partial charge in [-0.25, -0.2) is 9.37 Å². The summed E-state index contributed by atoms with van der Waals surface area (Å²) in [6.07, 6.45) is 4.78. The van der Waals surface area contributed by atoms with E-state index < -0.39 is 0 Å². The molecule has 0 aliphatic rings. The highest BCUT2D eigenvalue weighted by Gasteiger charge is 2.04. The monoisotopic (exact) mass is 325 g/mol. The molecule has 0 aliphatic carbocycles. The summed E-state index contributed by atoms with van der Waals surface area (Å²) in [7, 11) is 1.70. The maximum Gasteiger partial charge on any atom is 0.191 e. The molecule has 1 aromatic carbocycles. The molecule has 3 aromatic rings. The maximum atomic E-state index is 13.6. The summed E-state index contributed by atoms with van der Waals surface area (Å²) in [6.45, 7) is 1.08. The molecule has 0 aliphatic heterocycles. The quantitative estimate of drug-likeness (QED) is 0.559. The molecule has 2 heterocycles. The number of aliphatic imine (C=N–C) groups is 1. The van der Waals surface area contributed by atoms with Crippen molar-refractivity contribution in [2.24, 2.45) is 4.99 Å². The number of rotatable bonds is 5. The van der Waals surface area contributed by atoms with Crippen molar-refractivity contribution in [1.82, 2.24) is 20.0 Å². The lowest BCUT2D eigenvalue weighted by Crippen LogP contribution is -2.38. The third-order valence-corrected chi connectivity index (χ3v) is 3.72. The zero-order valence-electron chi connectivity index (χ0n) is 13.5. The summed E-state index contributed by atoms with van der Waals surface area (Å²) in [4.78, 5) is 8.71. The smallest absolute Gasteiger partial charge is 0.191 e. The number of hydrogen-bond donors (Lipinski definition) is 2. The molecule has 0 atom stereocenters. The fraction of sp³-hybridized carbons (Fsp3) is 0.222. The van der Waals surface area contributed by atoms with Crippen LogP contribution in [0.15, 0.2) is 59.9 Å². The summed E-state index contributed by atoms with van der Waals surface area (Å²) in [5.74, 6) is 0.423. The first-order valence-corrected chi connectivity index (χ1v) is 7.87. The lowest BCUT2D eigenvalue weighted by molar-refractivity contribution is 0.604. The van der Waals surface area contributed by atoms with Crippen molar-refractivity contribution in [2.45, 2.75) is 13.0 Å². The first-order valence-electron chi connectivity index (χ1n) is 7.87. The van der Waals surface area contributed by atoms with Gasteiger partial charge in [-0.15, -0.1) is 0 Å². The Morgan fingerprint density at radius 1 is 1.17 bits per heavy atom. The van der Waals surface area contributed by atoms with Gasteiger partial charge < -0.3 is 15.0 Å². The van der Waals surface area contributed by atoms with Crippen molar-refractivity contribution >= 4 is 11.6 Å². The number of benzene rings is 1. The highest BCUT2D eigenvalue weighted by Crippen LogP contribution is 2.06. The van der Waals surface area contributed by atoms with Crippen molar-refractivity contribution < 1.29 is 4.39 Å². The molecule has 0 fully saturated rings. The average Bonchev–Trinajstić information content (AvgIpc) is 3.02. The third kappa shape index (κ3) is 3.90. The van der Waals surface area contributed by atoms with Crippen LogP contribution >= 0.6 is 0 Å². The number of pyridine rings is 1. The van der Waals surface area contributed by atoms with Gasteiger partial charge in [-0.2, -0.15) is 0 Å². The molecule has 6 heteroatoms. The lowest BCUT2D eigenvalue weighted by Gasteiger charge is -2.11. The van der Waals surface area contributed by atoms with Crippen LogP contribution in [-0.4, -0.2) is 28.9 Å². The van der Waals surface area contributed by atoms with Crippen LogP contribution in [0.4, 0.5) is 4.39 Å². The van der Waals surface area contributed by atoms with E-state index in [9.17, 15) is 4.39 Å². The molecule has 0 bridgehead atoms. The van der Waals surface area contributed by atoms with Crippen molar-refractivity contribution in [2.75, 3.05) is 13.6 Å². The predicted molar refractivity (Wildman–Crippen MR) is 93.5 cm³/mol. The first-order chi connectivity index (χ1) is 11.8. The summed E-state index contributed by atoms with van der Waals surface area (Å²) < 4.78 is 15.6. The number of nitrogens with one attached hydrogen (secondary N) is 2. The molecule has 0 amide bonds. The second-order valence-corrected chi connectivity index (χ2v) is 5.39. The van der Waals surface area contributed by atoms with Gasteiger partial charge in [0.2, 0.25) is 0 Å². The van der Waals surface area contributed by atoms with Gasteiger partial charge in [0.15, 0.2) is 5.96 Å². The van der Waals surface area contributed by atoms with Crippen LogP contribution in [0.2, 0.25) is 0 Å². The standard InChI is InChI=1S/C18H20FN5/c1-20-18(22-12-14-6-2-3-7-16(14)19)21-10-9-15-13-24-11-5-4-8-17(24)23-15/h2-8,11,13H,9-10,12H2,1H3,(H2,20,21,22). The fourth-order valence-electron chi connectivity index (χ4n) is 2.46. The van der Waals surface area contributed by atoms with Crippen LogP contribution in [0.1, 0.15) is 11.3 Å². The van der Waals surface area contributed by atoms with Crippen molar-refractivity contribution in [1.29, 1.82) is 0 Å². The van der Waals surface area contributed by atoms with Gasteiger partial charge in [0, 0.05) is 44.5 Å². The third-order valence-electron chi connectivity index (χ3n) is 3.72. The van der Waals surface area contributed by atoms with Gasteiger partial charge in [0.25, 0.3) is 0 Å². The molecule has 2 aromatic heterocycles. The van der Waals surface area contributed by atoms with Gasteiger partial charge in [0.1, 0.15) is 11.5 Å². The van der Waals surface area contributed by atoms with Crippen LogP contribution in [-0.2, 0) is 13.0 Å². The molecular weight excluding hydrogens is 305 g/mol. The largest absolute Gasteiger partial charge is 0.356 e. The van der Waals surface area contributed by atoms with E-state index in [-0.39, 0.29) is 5.82 Å². The number of hydrogen-bond acceptors (Lipinski definition) is 2.